The standard InChI is InChI=1S/C9H9BrFN/c10-6-2-3-7(11)5-1-4-8(12)9(5)6/h2-3,8H,1,4,12H2/t8-/m0/s1. The second kappa shape index (κ2) is 2.82. The van der Waals surface area contributed by atoms with Crippen LogP contribution in [0.4, 0.5) is 4.39 Å². The molecule has 0 spiro atoms. The average molecular weight is 230 g/mol. The zero-order valence-electron chi connectivity index (χ0n) is 6.48. The minimum absolute atomic E-state index is 0.00470. The summed E-state index contributed by atoms with van der Waals surface area (Å²) in [5.41, 5.74) is 7.56. The molecule has 0 fully saturated rings. The molecule has 0 aliphatic heterocycles. The molecule has 1 aliphatic carbocycles. The molecule has 3 heteroatoms. The van der Waals surface area contributed by atoms with E-state index in [0.29, 0.717) is 0 Å². The highest BCUT2D eigenvalue weighted by atomic mass is 79.9. The lowest BCUT2D eigenvalue weighted by Crippen LogP contribution is -2.06. The van der Waals surface area contributed by atoms with E-state index in [1.165, 1.54) is 6.07 Å². The van der Waals surface area contributed by atoms with Crippen LogP contribution in [-0.2, 0) is 6.42 Å². The average Bonchev–Trinajstić information content (AvgIpc) is 2.42. The third-order valence-corrected chi connectivity index (χ3v) is 3.01. The molecule has 2 rings (SSSR count). The van der Waals surface area contributed by atoms with E-state index in [4.69, 9.17) is 5.73 Å². The fourth-order valence-corrected chi connectivity index (χ4v) is 2.37. The first-order valence-corrected chi connectivity index (χ1v) is 4.72. The second-order valence-electron chi connectivity index (χ2n) is 3.07. The summed E-state index contributed by atoms with van der Waals surface area (Å²) in [5, 5.41) is 0. The summed E-state index contributed by atoms with van der Waals surface area (Å²) in [6.45, 7) is 0. The van der Waals surface area contributed by atoms with E-state index in [-0.39, 0.29) is 11.9 Å². The third kappa shape index (κ3) is 1.08. The van der Waals surface area contributed by atoms with E-state index in [0.717, 1.165) is 28.4 Å². The first-order chi connectivity index (χ1) is 5.70. The molecule has 0 saturated carbocycles. The first-order valence-electron chi connectivity index (χ1n) is 3.92. The number of nitrogens with two attached hydrogens (primary N) is 1. The highest BCUT2D eigenvalue weighted by molar-refractivity contribution is 9.10. The van der Waals surface area contributed by atoms with Crippen molar-refractivity contribution in [3.05, 3.63) is 33.5 Å². The van der Waals surface area contributed by atoms with Crippen LogP contribution < -0.4 is 5.73 Å². The molecule has 1 aliphatic rings. The van der Waals surface area contributed by atoms with Crippen LogP contribution in [0.25, 0.3) is 0 Å². The summed E-state index contributed by atoms with van der Waals surface area (Å²) in [4.78, 5) is 0. The smallest absolute Gasteiger partial charge is 0.126 e. The van der Waals surface area contributed by atoms with Gasteiger partial charge in [0.05, 0.1) is 0 Å². The molecule has 64 valence electrons. The number of hydrogen-bond acceptors (Lipinski definition) is 1. The Morgan fingerprint density at radius 2 is 2.25 bits per heavy atom. The lowest BCUT2D eigenvalue weighted by Gasteiger charge is -2.07. The van der Waals surface area contributed by atoms with Gasteiger partial charge in [0.1, 0.15) is 5.82 Å². The molecule has 0 unspecified atom stereocenters. The summed E-state index contributed by atoms with van der Waals surface area (Å²) in [5.74, 6) is -0.124. The predicted molar refractivity (Wildman–Crippen MR) is 49.3 cm³/mol. The van der Waals surface area contributed by atoms with Gasteiger partial charge in [-0.25, -0.2) is 4.39 Å². The van der Waals surface area contributed by atoms with E-state index in [9.17, 15) is 4.39 Å². The minimum Gasteiger partial charge on any atom is -0.324 e. The molecule has 0 amide bonds. The largest absolute Gasteiger partial charge is 0.324 e. The van der Waals surface area contributed by atoms with Crippen molar-refractivity contribution < 1.29 is 4.39 Å². The molecular formula is C9H9BrFN. The minimum atomic E-state index is -0.124. The molecule has 1 nitrogen and oxygen atoms in total. The van der Waals surface area contributed by atoms with Crippen LogP contribution in [0.15, 0.2) is 16.6 Å². The van der Waals surface area contributed by atoms with Crippen molar-refractivity contribution in [2.75, 3.05) is 0 Å². The number of hydrogen-bond donors (Lipinski definition) is 1. The Morgan fingerprint density at radius 1 is 1.50 bits per heavy atom. The number of fused-ring (bicyclic) bond motifs is 1. The number of halogens is 2. The van der Waals surface area contributed by atoms with Gasteiger partial charge in [0.25, 0.3) is 0 Å². The molecule has 0 saturated heterocycles. The highest BCUT2D eigenvalue weighted by Crippen LogP contribution is 2.36. The predicted octanol–water partition coefficient (Wildman–Crippen LogP) is 2.53. The summed E-state index contributed by atoms with van der Waals surface area (Å²) < 4.78 is 14.1. The van der Waals surface area contributed by atoms with Gasteiger partial charge in [-0.2, -0.15) is 0 Å². The van der Waals surface area contributed by atoms with E-state index < -0.39 is 0 Å². The van der Waals surface area contributed by atoms with Crippen LogP contribution in [0.3, 0.4) is 0 Å². The molecule has 1 aromatic carbocycles. The van der Waals surface area contributed by atoms with Crippen molar-refractivity contribution >= 4 is 15.9 Å². The molecule has 2 N–H and O–H groups in total. The van der Waals surface area contributed by atoms with Gasteiger partial charge >= 0.3 is 0 Å². The van der Waals surface area contributed by atoms with Crippen molar-refractivity contribution in [3.8, 4) is 0 Å². The van der Waals surface area contributed by atoms with Gasteiger partial charge in [0.2, 0.25) is 0 Å². The SMILES string of the molecule is N[C@H]1CCc2c(F)ccc(Br)c21. The quantitative estimate of drug-likeness (QED) is 0.728. The Hall–Kier alpha value is -0.410. The zero-order valence-corrected chi connectivity index (χ0v) is 8.07. The summed E-state index contributed by atoms with van der Waals surface area (Å²) >= 11 is 3.38. The Bertz CT molecular complexity index is 325. The normalized spacial score (nSPS) is 21.1. The van der Waals surface area contributed by atoms with Crippen LogP contribution in [0.5, 0.6) is 0 Å². The summed E-state index contributed by atoms with van der Waals surface area (Å²) in [6, 6.07) is 3.21. The third-order valence-electron chi connectivity index (χ3n) is 2.32. The Labute approximate surface area is 78.9 Å². The van der Waals surface area contributed by atoms with Gasteiger partial charge in [0, 0.05) is 10.5 Å². The monoisotopic (exact) mass is 229 g/mol. The maximum absolute atomic E-state index is 13.2. The Balaban J connectivity index is 2.64. The fourth-order valence-electron chi connectivity index (χ4n) is 1.71. The molecule has 1 aromatic rings. The molecular weight excluding hydrogens is 221 g/mol. The van der Waals surface area contributed by atoms with Crippen molar-refractivity contribution in [3.63, 3.8) is 0 Å². The van der Waals surface area contributed by atoms with Gasteiger partial charge in [-0.15, -0.1) is 0 Å². The van der Waals surface area contributed by atoms with Crippen molar-refractivity contribution in [2.45, 2.75) is 18.9 Å². The van der Waals surface area contributed by atoms with Crippen LogP contribution in [0.2, 0.25) is 0 Å². The van der Waals surface area contributed by atoms with Crippen LogP contribution >= 0.6 is 15.9 Å². The van der Waals surface area contributed by atoms with Gasteiger partial charge in [-0.3, -0.25) is 0 Å². The maximum Gasteiger partial charge on any atom is 0.126 e. The number of rotatable bonds is 0. The van der Waals surface area contributed by atoms with Crippen LogP contribution in [0, 0.1) is 5.82 Å². The molecule has 12 heavy (non-hydrogen) atoms. The first kappa shape index (κ1) is 8.20. The highest BCUT2D eigenvalue weighted by Gasteiger charge is 2.24. The van der Waals surface area contributed by atoms with E-state index >= 15 is 0 Å². The summed E-state index contributed by atoms with van der Waals surface area (Å²) in [7, 11) is 0. The van der Waals surface area contributed by atoms with Gasteiger partial charge in [-0.05, 0) is 36.1 Å². The molecule has 0 aromatic heterocycles. The number of benzene rings is 1. The van der Waals surface area contributed by atoms with Crippen LogP contribution in [-0.4, -0.2) is 0 Å². The molecule has 0 bridgehead atoms. The zero-order chi connectivity index (χ0) is 8.72. The molecule has 0 radical (unpaired) electrons. The Morgan fingerprint density at radius 3 is 2.92 bits per heavy atom. The van der Waals surface area contributed by atoms with E-state index in [2.05, 4.69) is 15.9 Å². The second-order valence-corrected chi connectivity index (χ2v) is 3.92. The maximum atomic E-state index is 13.2. The molecule has 1 atom stereocenters. The lowest BCUT2D eigenvalue weighted by molar-refractivity contribution is 0.612. The van der Waals surface area contributed by atoms with E-state index in [1.807, 2.05) is 0 Å². The van der Waals surface area contributed by atoms with Gasteiger partial charge in [-0.1, -0.05) is 15.9 Å². The topological polar surface area (TPSA) is 26.0 Å². The van der Waals surface area contributed by atoms with E-state index in [1.54, 1.807) is 6.07 Å². The van der Waals surface area contributed by atoms with Crippen molar-refractivity contribution in [1.29, 1.82) is 0 Å². The van der Waals surface area contributed by atoms with Crippen molar-refractivity contribution in [2.24, 2.45) is 5.73 Å². The van der Waals surface area contributed by atoms with Crippen molar-refractivity contribution in [1.82, 2.24) is 0 Å². The fraction of sp³-hybridized carbons (Fsp3) is 0.333. The molecule has 0 heterocycles. The lowest BCUT2D eigenvalue weighted by atomic mass is 10.1. The van der Waals surface area contributed by atoms with Gasteiger partial charge in [0.15, 0.2) is 0 Å². The van der Waals surface area contributed by atoms with Crippen LogP contribution in [0.1, 0.15) is 23.6 Å². The Kier molecular flexibility index (Phi) is 1.93. The van der Waals surface area contributed by atoms with Gasteiger partial charge < -0.3 is 5.73 Å². The summed E-state index contributed by atoms with van der Waals surface area (Å²) in [6.07, 6.45) is 1.62.